The summed E-state index contributed by atoms with van der Waals surface area (Å²) < 4.78 is 10.9. The van der Waals surface area contributed by atoms with Gasteiger partial charge in [0.25, 0.3) is 0 Å². The Morgan fingerprint density at radius 1 is 1.55 bits per heavy atom. The van der Waals surface area contributed by atoms with Crippen LogP contribution in [-0.2, 0) is 10.8 Å². The van der Waals surface area contributed by atoms with Crippen LogP contribution < -0.4 is 5.73 Å². The first kappa shape index (κ1) is 8.52. The molecule has 1 aliphatic rings. The zero-order valence-corrected chi connectivity index (χ0v) is 7.43. The number of rotatable bonds is 0. The number of guanidine groups is 1. The zero-order chi connectivity index (χ0) is 8.27. The SMILES string of the molecule is CN=C(N)N1CCS(=O)CC1. The van der Waals surface area contributed by atoms with Gasteiger partial charge < -0.3 is 10.6 Å². The highest BCUT2D eigenvalue weighted by atomic mass is 32.2. The Hall–Kier alpha value is -0.580. The second kappa shape index (κ2) is 3.71. The van der Waals surface area contributed by atoms with Crippen molar-refractivity contribution in [1.29, 1.82) is 0 Å². The summed E-state index contributed by atoms with van der Waals surface area (Å²) in [5.74, 6) is 1.99. The number of aliphatic imine (C=N–C) groups is 1. The molecule has 1 rings (SSSR count). The summed E-state index contributed by atoms with van der Waals surface area (Å²) in [7, 11) is 1.04. The van der Waals surface area contributed by atoms with Gasteiger partial charge >= 0.3 is 0 Å². The van der Waals surface area contributed by atoms with Crippen molar-refractivity contribution in [3.05, 3.63) is 0 Å². The fourth-order valence-electron chi connectivity index (χ4n) is 1.01. The highest BCUT2D eigenvalue weighted by Gasteiger charge is 2.15. The summed E-state index contributed by atoms with van der Waals surface area (Å²) in [6.45, 7) is 1.55. The lowest BCUT2D eigenvalue weighted by Crippen LogP contribution is -2.45. The summed E-state index contributed by atoms with van der Waals surface area (Å²) >= 11 is 0. The molecule has 0 unspecified atom stereocenters. The molecule has 5 heteroatoms. The third-order valence-corrected chi connectivity index (χ3v) is 3.01. The van der Waals surface area contributed by atoms with E-state index in [1.54, 1.807) is 7.05 Å². The van der Waals surface area contributed by atoms with Gasteiger partial charge in [-0.3, -0.25) is 9.20 Å². The fourth-order valence-corrected chi connectivity index (χ4v) is 2.06. The van der Waals surface area contributed by atoms with E-state index in [1.165, 1.54) is 0 Å². The van der Waals surface area contributed by atoms with Crippen LogP contribution in [0, 0.1) is 0 Å². The number of hydrogen-bond acceptors (Lipinski definition) is 2. The predicted molar refractivity (Wildman–Crippen MR) is 47.0 cm³/mol. The first-order chi connectivity index (χ1) is 5.24. The third kappa shape index (κ3) is 2.18. The summed E-state index contributed by atoms with van der Waals surface area (Å²) in [6, 6.07) is 0. The third-order valence-electron chi connectivity index (χ3n) is 1.73. The van der Waals surface area contributed by atoms with E-state index in [-0.39, 0.29) is 0 Å². The van der Waals surface area contributed by atoms with Gasteiger partial charge in [-0.15, -0.1) is 0 Å². The van der Waals surface area contributed by atoms with Crippen molar-refractivity contribution in [3.63, 3.8) is 0 Å². The molecule has 0 aromatic carbocycles. The lowest BCUT2D eigenvalue weighted by molar-refractivity contribution is 0.450. The van der Waals surface area contributed by atoms with Crippen LogP contribution >= 0.6 is 0 Å². The quantitative estimate of drug-likeness (QED) is 0.379. The Balaban J connectivity index is 2.45. The van der Waals surface area contributed by atoms with E-state index in [0.717, 1.165) is 24.6 Å². The first-order valence-corrected chi connectivity index (χ1v) is 5.05. The van der Waals surface area contributed by atoms with Crippen LogP contribution in [0.2, 0.25) is 0 Å². The molecule has 0 aromatic heterocycles. The molecule has 0 aliphatic carbocycles. The van der Waals surface area contributed by atoms with Crippen LogP contribution in [0.3, 0.4) is 0 Å². The molecule has 1 heterocycles. The summed E-state index contributed by atoms with van der Waals surface area (Å²) in [5.41, 5.74) is 5.57. The van der Waals surface area contributed by atoms with E-state index in [1.807, 2.05) is 4.90 Å². The second-order valence-corrected chi connectivity index (χ2v) is 4.11. The maximum absolute atomic E-state index is 10.9. The predicted octanol–water partition coefficient (Wildman–Crippen LogP) is -1.00. The molecule has 2 N–H and O–H groups in total. The molecule has 0 aromatic rings. The molecule has 1 saturated heterocycles. The van der Waals surface area contributed by atoms with Gasteiger partial charge in [-0.25, -0.2) is 0 Å². The lowest BCUT2D eigenvalue weighted by atomic mass is 10.5. The number of hydrogen-bond donors (Lipinski definition) is 1. The average Bonchev–Trinajstić information content (AvgIpc) is 2.05. The van der Waals surface area contributed by atoms with E-state index in [9.17, 15) is 4.21 Å². The Morgan fingerprint density at radius 3 is 2.55 bits per heavy atom. The van der Waals surface area contributed by atoms with Gasteiger partial charge in [-0.05, 0) is 0 Å². The average molecular weight is 175 g/mol. The molecule has 4 nitrogen and oxygen atoms in total. The van der Waals surface area contributed by atoms with Crippen molar-refractivity contribution < 1.29 is 4.21 Å². The highest BCUT2D eigenvalue weighted by Crippen LogP contribution is 1.98. The van der Waals surface area contributed by atoms with E-state index in [2.05, 4.69) is 4.99 Å². The monoisotopic (exact) mass is 175 g/mol. The largest absolute Gasteiger partial charge is 0.370 e. The van der Waals surface area contributed by atoms with Gasteiger partial charge in [-0.2, -0.15) is 0 Å². The van der Waals surface area contributed by atoms with Crippen molar-refractivity contribution in [3.8, 4) is 0 Å². The van der Waals surface area contributed by atoms with E-state index in [0.29, 0.717) is 5.96 Å². The molecule has 1 aliphatic heterocycles. The smallest absolute Gasteiger partial charge is 0.191 e. The fraction of sp³-hybridized carbons (Fsp3) is 0.833. The van der Waals surface area contributed by atoms with E-state index >= 15 is 0 Å². The molecule has 0 saturated carbocycles. The molecule has 64 valence electrons. The minimum Gasteiger partial charge on any atom is -0.370 e. The van der Waals surface area contributed by atoms with E-state index in [4.69, 9.17) is 5.73 Å². The molecule has 11 heavy (non-hydrogen) atoms. The van der Waals surface area contributed by atoms with Gasteiger partial charge in [0.2, 0.25) is 0 Å². The summed E-state index contributed by atoms with van der Waals surface area (Å²) in [4.78, 5) is 5.82. The molecule has 0 atom stereocenters. The minimum atomic E-state index is -0.632. The maximum Gasteiger partial charge on any atom is 0.191 e. The minimum absolute atomic E-state index is 0.557. The van der Waals surface area contributed by atoms with Gasteiger partial charge in [0.1, 0.15) is 0 Å². The lowest BCUT2D eigenvalue weighted by Gasteiger charge is -2.26. The number of nitrogens with zero attached hydrogens (tertiary/aromatic N) is 2. The summed E-state index contributed by atoms with van der Waals surface area (Å²) in [5, 5.41) is 0. The molecule has 0 radical (unpaired) electrons. The van der Waals surface area contributed by atoms with E-state index < -0.39 is 10.8 Å². The van der Waals surface area contributed by atoms with Gasteiger partial charge in [-0.1, -0.05) is 0 Å². The molecular weight excluding hydrogens is 162 g/mol. The van der Waals surface area contributed by atoms with Crippen LogP contribution in [-0.4, -0.2) is 46.7 Å². The normalized spacial score (nSPS) is 22.3. The van der Waals surface area contributed by atoms with Crippen LogP contribution in [0.15, 0.2) is 4.99 Å². The topological polar surface area (TPSA) is 58.7 Å². The molecule has 0 spiro atoms. The van der Waals surface area contributed by atoms with Gasteiger partial charge in [0, 0.05) is 42.4 Å². The summed E-state index contributed by atoms with van der Waals surface area (Å²) in [6.07, 6.45) is 0. The Labute approximate surface area is 68.9 Å². The molecule has 0 bridgehead atoms. The van der Waals surface area contributed by atoms with Crippen molar-refractivity contribution in [1.82, 2.24) is 4.90 Å². The van der Waals surface area contributed by atoms with Crippen molar-refractivity contribution >= 4 is 16.8 Å². The van der Waals surface area contributed by atoms with Crippen LogP contribution in [0.25, 0.3) is 0 Å². The molecule has 1 fully saturated rings. The van der Waals surface area contributed by atoms with Gasteiger partial charge in [0.05, 0.1) is 0 Å². The standard InChI is InChI=1S/C6H13N3OS/c1-8-6(7)9-2-4-11(10)5-3-9/h2-5H2,1H3,(H2,7,8). The van der Waals surface area contributed by atoms with Crippen molar-refractivity contribution in [2.75, 3.05) is 31.6 Å². The van der Waals surface area contributed by atoms with Crippen molar-refractivity contribution in [2.45, 2.75) is 0 Å². The Kier molecular flexibility index (Phi) is 2.87. The second-order valence-electron chi connectivity index (χ2n) is 2.42. The van der Waals surface area contributed by atoms with Gasteiger partial charge in [0.15, 0.2) is 5.96 Å². The first-order valence-electron chi connectivity index (χ1n) is 3.56. The van der Waals surface area contributed by atoms with Crippen LogP contribution in [0.1, 0.15) is 0 Å². The van der Waals surface area contributed by atoms with Crippen LogP contribution in [0.5, 0.6) is 0 Å². The highest BCUT2D eigenvalue weighted by molar-refractivity contribution is 7.85. The zero-order valence-electron chi connectivity index (χ0n) is 6.62. The number of nitrogens with two attached hydrogens (primary N) is 1. The van der Waals surface area contributed by atoms with Crippen LogP contribution in [0.4, 0.5) is 0 Å². The Morgan fingerprint density at radius 2 is 2.09 bits per heavy atom. The molecule has 0 amide bonds. The molecular formula is C6H13N3OS. The maximum atomic E-state index is 10.9. The Bertz CT molecular complexity index is 182. The van der Waals surface area contributed by atoms with Crippen molar-refractivity contribution in [2.24, 2.45) is 10.7 Å².